The molecule has 2 aromatic carbocycles. The van der Waals surface area contributed by atoms with Crippen molar-refractivity contribution >= 4 is 62.3 Å². The summed E-state index contributed by atoms with van der Waals surface area (Å²) in [5, 5.41) is 7.12. The maximum atomic E-state index is 12.2. The van der Waals surface area contributed by atoms with Gasteiger partial charge in [0, 0.05) is 20.8 Å². The van der Waals surface area contributed by atoms with E-state index < -0.39 is 6.09 Å². The van der Waals surface area contributed by atoms with E-state index in [9.17, 15) is 9.59 Å². The van der Waals surface area contributed by atoms with Crippen molar-refractivity contribution < 1.29 is 14.3 Å². The lowest BCUT2D eigenvalue weighted by atomic mass is 10.2. The van der Waals surface area contributed by atoms with Gasteiger partial charge in [-0.15, -0.1) is 11.3 Å². The van der Waals surface area contributed by atoms with Crippen molar-refractivity contribution in [3.63, 3.8) is 0 Å². The lowest BCUT2D eigenvalue weighted by Gasteiger charge is -2.08. The van der Waals surface area contributed by atoms with Crippen LogP contribution in [0, 0.1) is 0 Å². The van der Waals surface area contributed by atoms with Crippen LogP contribution >= 0.6 is 34.5 Å². The average Bonchev–Trinajstić information content (AvgIpc) is 2.98. The molecule has 0 saturated heterocycles. The van der Waals surface area contributed by atoms with Crippen LogP contribution in [-0.4, -0.2) is 25.2 Å². The van der Waals surface area contributed by atoms with Crippen LogP contribution in [-0.2, 0) is 4.74 Å². The Balaban J connectivity index is 1.46. The second-order valence-corrected chi connectivity index (χ2v) is 7.13. The zero-order valence-corrected chi connectivity index (χ0v) is 15.8. The first kappa shape index (κ1) is 18.5. The molecule has 2 N–H and O–H groups in total. The van der Waals surface area contributed by atoms with E-state index in [0.29, 0.717) is 20.6 Å². The fourth-order valence-corrected chi connectivity index (χ4v) is 3.80. The maximum Gasteiger partial charge on any atom is 0.411 e. The highest BCUT2D eigenvalue weighted by atomic mass is 35.5. The molecule has 3 rings (SSSR count). The molecule has 8 heteroatoms. The van der Waals surface area contributed by atoms with Crippen molar-refractivity contribution in [2.45, 2.75) is 0 Å². The fraction of sp³-hybridized carbons (Fsp3) is 0.111. The Hall–Kier alpha value is -2.28. The SMILES string of the molecule is O=C(Nc1ccc(Cl)cc1)OCCNC(=O)c1sc2ccccc2c1Cl. The van der Waals surface area contributed by atoms with E-state index in [2.05, 4.69) is 10.6 Å². The Kier molecular flexibility index (Phi) is 5.98. The molecule has 1 aromatic heterocycles. The van der Waals surface area contributed by atoms with Gasteiger partial charge in [0.25, 0.3) is 5.91 Å². The first-order valence-electron chi connectivity index (χ1n) is 7.69. The summed E-state index contributed by atoms with van der Waals surface area (Å²) in [5.74, 6) is -0.294. The number of anilines is 1. The molecular formula is C18H14Cl2N2O3S. The summed E-state index contributed by atoms with van der Waals surface area (Å²) in [4.78, 5) is 24.4. The summed E-state index contributed by atoms with van der Waals surface area (Å²) in [5.41, 5.74) is 0.570. The summed E-state index contributed by atoms with van der Waals surface area (Å²) in [6, 6.07) is 14.2. The van der Waals surface area contributed by atoms with Crippen LogP contribution in [0.1, 0.15) is 9.67 Å². The summed E-state index contributed by atoms with van der Waals surface area (Å²) >= 11 is 13.4. The monoisotopic (exact) mass is 408 g/mol. The summed E-state index contributed by atoms with van der Waals surface area (Å²) in [6.07, 6.45) is -0.610. The number of carbonyl (C=O) groups excluding carboxylic acids is 2. The molecule has 0 unspecified atom stereocenters. The third kappa shape index (κ3) is 4.46. The Labute approximate surface area is 163 Å². The van der Waals surface area contributed by atoms with E-state index in [0.717, 1.165) is 10.1 Å². The predicted molar refractivity (Wildman–Crippen MR) is 106 cm³/mol. The van der Waals surface area contributed by atoms with Gasteiger partial charge in [-0.3, -0.25) is 10.1 Å². The standard InChI is InChI=1S/C18H14Cl2N2O3S/c19-11-5-7-12(8-6-11)22-18(24)25-10-9-21-17(23)16-15(20)13-3-1-2-4-14(13)26-16/h1-8H,9-10H2,(H,21,23)(H,22,24). The quantitative estimate of drug-likeness (QED) is 0.570. The zero-order chi connectivity index (χ0) is 18.5. The summed E-state index contributed by atoms with van der Waals surface area (Å²) < 4.78 is 5.97. The highest BCUT2D eigenvalue weighted by Crippen LogP contribution is 2.34. The molecule has 0 saturated carbocycles. The molecule has 1 heterocycles. The number of thiophene rings is 1. The third-order valence-corrected chi connectivity index (χ3v) is 5.38. The van der Waals surface area contributed by atoms with Crippen molar-refractivity contribution in [3.05, 3.63) is 63.5 Å². The Morgan fingerprint density at radius 1 is 1.04 bits per heavy atom. The minimum atomic E-state index is -0.610. The van der Waals surface area contributed by atoms with Crippen LogP contribution in [0.4, 0.5) is 10.5 Å². The van der Waals surface area contributed by atoms with E-state index >= 15 is 0 Å². The normalized spacial score (nSPS) is 10.5. The van der Waals surface area contributed by atoms with Crippen LogP contribution < -0.4 is 10.6 Å². The number of amides is 2. The van der Waals surface area contributed by atoms with Crippen molar-refractivity contribution in [3.8, 4) is 0 Å². The van der Waals surface area contributed by atoms with Gasteiger partial charge in [-0.1, -0.05) is 41.4 Å². The highest BCUT2D eigenvalue weighted by molar-refractivity contribution is 7.21. The van der Waals surface area contributed by atoms with Crippen LogP contribution in [0.3, 0.4) is 0 Å². The van der Waals surface area contributed by atoms with Gasteiger partial charge < -0.3 is 10.1 Å². The van der Waals surface area contributed by atoms with Gasteiger partial charge in [0.05, 0.1) is 11.6 Å². The molecular weight excluding hydrogens is 395 g/mol. The minimum Gasteiger partial charge on any atom is -0.447 e. The Morgan fingerprint density at radius 3 is 2.50 bits per heavy atom. The summed E-state index contributed by atoms with van der Waals surface area (Å²) in [7, 11) is 0. The minimum absolute atomic E-state index is 0.0354. The number of hydrogen-bond acceptors (Lipinski definition) is 4. The van der Waals surface area contributed by atoms with Gasteiger partial charge in [0.1, 0.15) is 11.5 Å². The maximum absolute atomic E-state index is 12.2. The molecule has 0 atom stereocenters. The fourth-order valence-electron chi connectivity index (χ4n) is 2.24. The largest absolute Gasteiger partial charge is 0.447 e. The predicted octanol–water partition coefficient (Wildman–Crippen LogP) is 5.19. The van der Waals surface area contributed by atoms with Gasteiger partial charge in [-0.25, -0.2) is 4.79 Å². The van der Waals surface area contributed by atoms with E-state index in [1.54, 1.807) is 24.3 Å². The Morgan fingerprint density at radius 2 is 1.77 bits per heavy atom. The van der Waals surface area contributed by atoms with E-state index in [1.165, 1.54) is 11.3 Å². The number of halogens is 2. The number of fused-ring (bicyclic) bond motifs is 1. The van der Waals surface area contributed by atoms with Crippen molar-refractivity contribution in [1.29, 1.82) is 0 Å². The zero-order valence-electron chi connectivity index (χ0n) is 13.4. The topological polar surface area (TPSA) is 67.4 Å². The van der Waals surface area contributed by atoms with Gasteiger partial charge in [0.15, 0.2) is 0 Å². The number of carbonyl (C=O) groups is 2. The molecule has 0 radical (unpaired) electrons. The van der Waals surface area contributed by atoms with Gasteiger partial charge in [-0.2, -0.15) is 0 Å². The van der Waals surface area contributed by atoms with Crippen molar-refractivity contribution in [2.75, 3.05) is 18.5 Å². The second kappa shape index (κ2) is 8.40. The van der Waals surface area contributed by atoms with Gasteiger partial charge in [0.2, 0.25) is 0 Å². The number of hydrogen-bond donors (Lipinski definition) is 2. The molecule has 2 amide bonds. The molecule has 3 aromatic rings. The van der Waals surface area contributed by atoms with Crippen LogP contribution in [0.5, 0.6) is 0 Å². The van der Waals surface area contributed by atoms with E-state index in [1.807, 2.05) is 24.3 Å². The molecule has 0 aliphatic heterocycles. The van der Waals surface area contributed by atoms with Gasteiger partial charge >= 0.3 is 6.09 Å². The average molecular weight is 409 g/mol. The first-order valence-corrected chi connectivity index (χ1v) is 9.26. The Bertz CT molecular complexity index is 941. The van der Waals surface area contributed by atoms with Crippen molar-refractivity contribution in [2.24, 2.45) is 0 Å². The van der Waals surface area contributed by atoms with Crippen LogP contribution in [0.15, 0.2) is 48.5 Å². The summed E-state index contributed by atoms with van der Waals surface area (Å²) in [6.45, 7) is 0.213. The highest BCUT2D eigenvalue weighted by Gasteiger charge is 2.16. The number of ether oxygens (including phenoxy) is 1. The second-order valence-electron chi connectivity index (χ2n) is 5.27. The molecule has 5 nitrogen and oxygen atoms in total. The van der Waals surface area contributed by atoms with Crippen LogP contribution in [0.2, 0.25) is 10.0 Å². The molecule has 0 fully saturated rings. The smallest absolute Gasteiger partial charge is 0.411 e. The number of rotatable bonds is 5. The molecule has 0 aliphatic rings. The molecule has 26 heavy (non-hydrogen) atoms. The molecule has 134 valence electrons. The number of benzene rings is 2. The van der Waals surface area contributed by atoms with Gasteiger partial charge in [-0.05, 0) is 30.3 Å². The molecule has 0 spiro atoms. The lowest BCUT2D eigenvalue weighted by molar-refractivity contribution is 0.0942. The molecule has 0 bridgehead atoms. The third-order valence-electron chi connectivity index (χ3n) is 3.45. The van der Waals surface area contributed by atoms with Crippen LogP contribution in [0.25, 0.3) is 10.1 Å². The van der Waals surface area contributed by atoms with E-state index in [4.69, 9.17) is 27.9 Å². The number of nitrogens with one attached hydrogen (secondary N) is 2. The lowest BCUT2D eigenvalue weighted by Crippen LogP contribution is -2.28. The van der Waals surface area contributed by atoms with Crippen molar-refractivity contribution in [1.82, 2.24) is 5.32 Å². The van der Waals surface area contributed by atoms with E-state index in [-0.39, 0.29) is 19.1 Å². The first-order chi connectivity index (χ1) is 12.5. The molecule has 0 aliphatic carbocycles.